The van der Waals surface area contributed by atoms with Gasteiger partial charge in [-0.1, -0.05) is 18.5 Å². The molecule has 23 heavy (non-hydrogen) atoms. The Kier molecular flexibility index (Phi) is 4.80. The van der Waals surface area contributed by atoms with Crippen LogP contribution in [-0.2, 0) is 11.8 Å². The van der Waals surface area contributed by atoms with Crippen LogP contribution in [0.4, 0.5) is 10.7 Å². The number of rotatable bonds is 3. The number of aromatic nitrogens is 2. The molecule has 9 heteroatoms. The van der Waals surface area contributed by atoms with E-state index in [1.54, 1.807) is 7.05 Å². The van der Waals surface area contributed by atoms with E-state index in [0.717, 1.165) is 12.8 Å². The van der Waals surface area contributed by atoms with Gasteiger partial charge in [0.2, 0.25) is 5.95 Å². The van der Waals surface area contributed by atoms with E-state index in [-0.39, 0.29) is 22.7 Å². The van der Waals surface area contributed by atoms with Gasteiger partial charge in [0.05, 0.1) is 6.61 Å². The first kappa shape index (κ1) is 17.1. The Balaban J connectivity index is 2.18. The van der Waals surface area contributed by atoms with Gasteiger partial charge >= 0.3 is 6.09 Å². The summed E-state index contributed by atoms with van der Waals surface area (Å²) in [7, 11) is 1.57. The smallest absolute Gasteiger partial charge is 0.404 e. The summed E-state index contributed by atoms with van der Waals surface area (Å²) in [6.45, 7) is 3.51. The molecule has 0 saturated carbocycles. The van der Waals surface area contributed by atoms with Crippen molar-refractivity contribution in [1.82, 2.24) is 9.55 Å². The van der Waals surface area contributed by atoms with Crippen LogP contribution in [0.3, 0.4) is 0 Å². The van der Waals surface area contributed by atoms with Crippen molar-refractivity contribution in [3.8, 4) is 6.07 Å². The third kappa shape index (κ3) is 3.56. The average Bonchev–Trinajstić information content (AvgIpc) is 2.52. The molecule has 0 spiro atoms. The average molecular weight is 340 g/mol. The van der Waals surface area contributed by atoms with Crippen molar-refractivity contribution in [3.63, 3.8) is 0 Å². The van der Waals surface area contributed by atoms with Crippen LogP contribution >= 0.6 is 11.6 Å². The lowest BCUT2D eigenvalue weighted by atomic mass is 9.81. The Labute approximate surface area is 138 Å². The third-order valence-corrected chi connectivity index (χ3v) is 4.47. The van der Waals surface area contributed by atoms with Gasteiger partial charge in [-0.3, -0.25) is 9.36 Å². The monoisotopic (exact) mass is 339 g/mol. The van der Waals surface area contributed by atoms with Crippen LogP contribution < -0.4 is 16.2 Å². The zero-order chi connectivity index (χ0) is 17.2. The SMILES string of the molecule is Cn1c(N2CCC(C)(COC(N)=O)CC2)nc(C#N)c(Cl)c1=O. The molecule has 1 saturated heterocycles. The van der Waals surface area contributed by atoms with Crippen molar-refractivity contribution in [1.29, 1.82) is 5.26 Å². The maximum Gasteiger partial charge on any atom is 0.404 e. The number of primary amides is 1. The zero-order valence-electron chi connectivity index (χ0n) is 13.0. The molecule has 1 aliphatic rings. The standard InChI is InChI=1S/C14H18ClN5O3/c1-14(8-23-12(17)22)3-5-20(6-4-14)13-18-9(7-16)10(15)11(21)19(13)2/h3-6,8H2,1-2H3,(H2,17,22). The lowest BCUT2D eigenvalue weighted by molar-refractivity contribution is 0.0816. The Bertz CT molecular complexity index is 716. The second-order valence-electron chi connectivity index (χ2n) is 5.96. The van der Waals surface area contributed by atoms with Gasteiger partial charge < -0.3 is 15.4 Å². The van der Waals surface area contributed by atoms with Gasteiger partial charge in [0.15, 0.2) is 5.69 Å². The minimum Gasteiger partial charge on any atom is -0.449 e. The predicted molar refractivity (Wildman–Crippen MR) is 84.3 cm³/mol. The molecular formula is C14H18ClN5O3. The second-order valence-corrected chi connectivity index (χ2v) is 6.33. The van der Waals surface area contributed by atoms with Gasteiger partial charge in [0.1, 0.15) is 11.1 Å². The summed E-state index contributed by atoms with van der Waals surface area (Å²) in [6.07, 6.45) is 0.690. The number of carbonyl (C=O) groups is 1. The molecule has 2 N–H and O–H groups in total. The van der Waals surface area contributed by atoms with Crippen LogP contribution in [0.25, 0.3) is 0 Å². The first-order chi connectivity index (χ1) is 10.8. The Morgan fingerprint density at radius 1 is 1.52 bits per heavy atom. The lowest BCUT2D eigenvalue weighted by Gasteiger charge is -2.39. The number of ether oxygens (including phenoxy) is 1. The molecule has 124 valence electrons. The highest BCUT2D eigenvalue weighted by atomic mass is 35.5. The topological polar surface area (TPSA) is 114 Å². The molecule has 1 aromatic heterocycles. The lowest BCUT2D eigenvalue weighted by Crippen LogP contribution is -2.44. The molecule has 0 bridgehead atoms. The van der Waals surface area contributed by atoms with Crippen molar-refractivity contribution >= 4 is 23.6 Å². The predicted octanol–water partition coefficient (Wildman–Crippen LogP) is 1.01. The summed E-state index contributed by atoms with van der Waals surface area (Å²) in [5.41, 5.74) is 4.32. The Morgan fingerprint density at radius 3 is 2.65 bits per heavy atom. The number of hydrogen-bond acceptors (Lipinski definition) is 6. The molecule has 0 radical (unpaired) electrons. The number of hydrogen-bond donors (Lipinski definition) is 1. The van der Waals surface area contributed by atoms with Gasteiger partial charge in [0.25, 0.3) is 5.56 Å². The summed E-state index contributed by atoms with van der Waals surface area (Å²) in [5.74, 6) is 0.411. The van der Waals surface area contributed by atoms with Gasteiger partial charge in [-0.2, -0.15) is 5.26 Å². The van der Waals surface area contributed by atoms with Crippen molar-refractivity contribution < 1.29 is 9.53 Å². The number of halogens is 1. The highest BCUT2D eigenvalue weighted by Crippen LogP contribution is 2.32. The molecule has 8 nitrogen and oxygen atoms in total. The molecular weight excluding hydrogens is 322 g/mol. The van der Waals surface area contributed by atoms with Gasteiger partial charge in [-0.05, 0) is 12.8 Å². The van der Waals surface area contributed by atoms with E-state index < -0.39 is 11.7 Å². The molecule has 0 aliphatic carbocycles. The number of piperidine rings is 1. The molecule has 0 unspecified atom stereocenters. The molecule has 1 fully saturated rings. The zero-order valence-corrected chi connectivity index (χ0v) is 13.8. The van der Waals surface area contributed by atoms with E-state index in [1.165, 1.54) is 4.57 Å². The minimum atomic E-state index is -0.783. The fourth-order valence-corrected chi connectivity index (χ4v) is 2.77. The van der Waals surface area contributed by atoms with Crippen molar-refractivity contribution in [2.45, 2.75) is 19.8 Å². The first-order valence-electron chi connectivity index (χ1n) is 7.11. The Hall–Kier alpha value is -2.27. The number of nitriles is 1. The highest BCUT2D eigenvalue weighted by Gasteiger charge is 2.33. The quantitative estimate of drug-likeness (QED) is 0.878. The summed E-state index contributed by atoms with van der Waals surface area (Å²) >= 11 is 5.83. The van der Waals surface area contributed by atoms with Gasteiger partial charge in [-0.25, -0.2) is 9.78 Å². The first-order valence-corrected chi connectivity index (χ1v) is 7.49. The molecule has 1 amide bonds. The fourth-order valence-electron chi connectivity index (χ4n) is 2.56. The van der Waals surface area contributed by atoms with Gasteiger partial charge in [0, 0.05) is 25.6 Å². The van der Waals surface area contributed by atoms with Crippen LogP contribution in [-0.4, -0.2) is 35.3 Å². The van der Waals surface area contributed by atoms with Crippen molar-refractivity contribution in [2.24, 2.45) is 18.2 Å². The molecule has 1 aromatic rings. The summed E-state index contributed by atoms with van der Waals surface area (Å²) in [5, 5.41) is 8.87. The molecule has 0 atom stereocenters. The van der Waals surface area contributed by atoms with Crippen molar-refractivity contribution in [3.05, 3.63) is 21.1 Å². The minimum absolute atomic E-state index is 0.0739. The van der Waals surface area contributed by atoms with Crippen LogP contribution in [0.1, 0.15) is 25.5 Å². The highest BCUT2D eigenvalue weighted by molar-refractivity contribution is 6.31. The van der Waals surface area contributed by atoms with Crippen LogP contribution in [0.2, 0.25) is 5.02 Å². The number of amides is 1. The van der Waals surface area contributed by atoms with Crippen molar-refractivity contribution in [2.75, 3.05) is 24.6 Å². The number of carbonyl (C=O) groups excluding carboxylic acids is 1. The number of anilines is 1. The molecule has 0 aromatic carbocycles. The maximum absolute atomic E-state index is 12.1. The third-order valence-electron chi connectivity index (χ3n) is 4.13. The largest absolute Gasteiger partial charge is 0.449 e. The molecule has 2 heterocycles. The fraction of sp³-hybridized carbons (Fsp3) is 0.571. The Morgan fingerprint density at radius 2 is 2.13 bits per heavy atom. The van der Waals surface area contributed by atoms with E-state index in [4.69, 9.17) is 27.3 Å². The van der Waals surface area contributed by atoms with Gasteiger partial charge in [-0.15, -0.1) is 0 Å². The van der Waals surface area contributed by atoms with E-state index >= 15 is 0 Å². The van der Waals surface area contributed by atoms with Crippen LogP contribution in [0, 0.1) is 16.7 Å². The summed E-state index contributed by atoms with van der Waals surface area (Å²) in [6, 6.07) is 1.84. The number of nitrogens with two attached hydrogens (primary N) is 1. The normalized spacial score (nSPS) is 16.7. The molecule has 2 rings (SSSR count). The molecule has 1 aliphatic heterocycles. The second kappa shape index (κ2) is 6.46. The van der Waals surface area contributed by atoms with E-state index in [0.29, 0.717) is 19.0 Å². The van der Waals surface area contributed by atoms with Crippen LogP contribution in [0.15, 0.2) is 4.79 Å². The van der Waals surface area contributed by atoms with E-state index in [1.807, 2.05) is 17.9 Å². The van der Waals surface area contributed by atoms with E-state index in [2.05, 4.69) is 4.98 Å². The van der Waals surface area contributed by atoms with Crippen LogP contribution in [0.5, 0.6) is 0 Å². The maximum atomic E-state index is 12.1. The number of nitrogens with zero attached hydrogens (tertiary/aromatic N) is 4. The van der Waals surface area contributed by atoms with E-state index in [9.17, 15) is 9.59 Å². The summed E-state index contributed by atoms with van der Waals surface area (Å²) in [4.78, 5) is 28.9. The summed E-state index contributed by atoms with van der Waals surface area (Å²) < 4.78 is 6.25.